The first-order valence-corrected chi connectivity index (χ1v) is 2.87. The third-order valence-corrected chi connectivity index (χ3v) is 1.80. The number of rotatable bonds is 1. The van der Waals surface area contributed by atoms with E-state index in [-0.39, 0.29) is 12.1 Å². The molecule has 9 heavy (non-hydrogen) atoms. The fourth-order valence-electron chi connectivity index (χ4n) is 1.01. The van der Waals surface area contributed by atoms with Crippen molar-refractivity contribution in [3.8, 4) is 0 Å². The summed E-state index contributed by atoms with van der Waals surface area (Å²) < 4.78 is 0. The lowest BCUT2D eigenvalue weighted by molar-refractivity contribution is 0.546. The van der Waals surface area contributed by atoms with Crippen LogP contribution in [0.1, 0.15) is 6.92 Å². The minimum absolute atomic E-state index is 0.00366. The Morgan fingerprint density at radius 1 is 1.44 bits per heavy atom. The molecule has 0 aromatic heterocycles. The topological polar surface area (TPSA) is 64.1 Å². The Morgan fingerprint density at radius 2 is 2.00 bits per heavy atom. The quantitative estimate of drug-likeness (QED) is 0.376. The molecule has 1 unspecified atom stereocenters. The van der Waals surface area contributed by atoms with Crippen LogP contribution in [0.4, 0.5) is 0 Å². The summed E-state index contributed by atoms with van der Waals surface area (Å²) in [6.07, 6.45) is 0. The lowest BCUT2D eigenvalue weighted by Crippen LogP contribution is -2.55. The highest BCUT2D eigenvalue weighted by Crippen LogP contribution is 2.21. The first-order chi connectivity index (χ1) is 4.18. The summed E-state index contributed by atoms with van der Waals surface area (Å²) in [4.78, 5) is 0. The van der Waals surface area contributed by atoms with Crippen molar-refractivity contribution in [3.05, 3.63) is 11.3 Å². The summed E-state index contributed by atoms with van der Waals surface area (Å²) in [5, 5.41) is 2.51. The molecular formula is C5H10BN3. The molecule has 0 saturated carbocycles. The average molecular weight is 123 g/mol. The normalized spacial score (nSPS) is 34.1. The van der Waals surface area contributed by atoms with Crippen LogP contribution in [0.3, 0.4) is 0 Å². The van der Waals surface area contributed by atoms with Crippen molar-refractivity contribution in [2.45, 2.75) is 19.0 Å². The predicted molar refractivity (Wildman–Crippen MR) is 37.5 cm³/mol. The van der Waals surface area contributed by atoms with Crippen LogP contribution in [0, 0.1) is 0 Å². The Kier molecular flexibility index (Phi) is 1.51. The fourth-order valence-corrected chi connectivity index (χ4v) is 1.01. The Morgan fingerprint density at radius 3 is 2.22 bits per heavy atom. The number of hydrogen-bond acceptors (Lipinski definition) is 3. The molecule has 2 radical (unpaired) electrons. The van der Waals surface area contributed by atoms with Crippen LogP contribution in [-0.4, -0.2) is 20.1 Å². The van der Waals surface area contributed by atoms with Crippen molar-refractivity contribution in [3.63, 3.8) is 0 Å². The largest absolute Gasteiger partial charge is 0.439 e. The molecule has 48 valence electrons. The molecule has 0 fully saturated rings. The van der Waals surface area contributed by atoms with Gasteiger partial charge in [0.25, 0.3) is 0 Å². The average Bonchev–Trinajstić information content (AvgIpc) is 1.89. The third-order valence-electron chi connectivity index (χ3n) is 1.80. The van der Waals surface area contributed by atoms with Gasteiger partial charge >= 0.3 is 0 Å². The Labute approximate surface area is 55.9 Å². The molecule has 0 amide bonds. The standard InChI is InChI=1S/C5H10BN3/c1-2-3(7)4(8)5(2)9-6/h3-4,9H,7-8H2,1H3/t3-,4?/m0/s1. The first-order valence-electron chi connectivity index (χ1n) is 2.87. The van der Waals surface area contributed by atoms with Gasteiger partial charge in [0.15, 0.2) is 0 Å². The SMILES string of the molecule is [B]NC1=C(C)[C@H](N)C1N. The second-order valence-electron chi connectivity index (χ2n) is 2.29. The lowest BCUT2D eigenvalue weighted by atomic mass is 9.84. The van der Waals surface area contributed by atoms with Gasteiger partial charge in [0, 0.05) is 11.7 Å². The molecule has 1 rings (SSSR count). The van der Waals surface area contributed by atoms with Crippen molar-refractivity contribution in [2.75, 3.05) is 0 Å². The second-order valence-corrected chi connectivity index (χ2v) is 2.29. The van der Waals surface area contributed by atoms with Gasteiger partial charge in [-0.1, -0.05) is 0 Å². The molecule has 3 nitrogen and oxygen atoms in total. The van der Waals surface area contributed by atoms with Crippen LogP contribution in [-0.2, 0) is 0 Å². The van der Waals surface area contributed by atoms with Crippen molar-refractivity contribution in [1.82, 2.24) is 5.23 Å². The molecule has 0 aromatic rings. The summed E-state index contributed by atoms with van der Waals surface area (Å²) in [7, 11) is 5.13. The zero-order valence-corrected chi connectivity index (χ0v) is 5.39. The van der Waals surface area contributed by atoms with E-state index < -0.39 is 0 Å². The van der Waals surface area contributed by atoms with Gasteiger partial charge in [-0.25, -0.2) is 0 Å². The summed E-state index contributed by atoms with van der Waals surface area (Å²) in [6, 6.07) is -0.0916. The second kappa shape index (κ2) is 2.04. The van der Waals surface area contributed by atoms with Gasteiger partial charge in [0.2, 0.25) is 7.98 Å². The molecule has 0 heterocycles. The van der Waals surface area contributed by atoms with Gasteiger partial charge in [-0.05, 0) is 12.5 Å². The molecule has 4 heteroatoms. The van der Waals surface area contributed by atoms with E-state index in [1.807, 2.05) is 6.92 Å². The van der Waals surface area contributed by atoms with E-state index in [0.29, 0.717) is 0 Å². The van der Waals surface area contributed by atoms with E-state index in [0.717, 1.165) is 11.3 Å². The highest BCUT2D eigenvalue weighted by Gasteiger charge is 2.30. The van der Waals surface area contributed by atoms with Crippen molar-refractivity contribution in [1.29, 1.82) is 0 Å². The van der Waals surface area contributed by atoms with E-state index in [4.69, 9.17) is 19.4 Å². The van der Waals surface area contributed by atoms with Gasteiger partial charge in [-0.2, -0.15) is 0 Å². The molecule has 1 aliphatic carbocycles. The Bertz CT molecular complexity index is 154. The highest BCUT2D eigenvalue weighted by atomic mass is 14.9. The summed E-state index contributed by atoms with van der Waals surface area (Å²) in [5.74, 6) is 0. The maximum atomic E-state index is 5.55. The van der Waals surface area contributed by atoms with E-state index in [1.54, 1.807) is 0 Å². The number of hydrogen-bond donors (Lipinski definition) is 3. The summed E-state index contributed by atoms with van der Waals surface area (Å²) in [5.41, 5.74) is 13.0. The van der Waals surface area contributed by atoms with Gasteiger partial charge in [-0.3, -0.25) is 0 Å². The van der Waals surface area contributed by atoms with Crippen molar-refractivity contribution < 1.29 is 0 Å². The molecule has 0 spiro atoms. The van der Waals surface area contributed by atoms with Crippen LogP contribution in [0.5, 0.6) is 0 Å². The van der Waals surface area contributed by atoms with Crippen LogP contribution in [0.2, 0.25) is 0 Å². The highest BCUT2D eigenvalue weighted by molar-refractivity contribution is 6.06. The summed E-state index contributed by atoms with van der Waals surface area (Å²) >= 11 is 0. The minimum atomic E-state index is -0.0880. The molecule has 0 aliphatic heterocycles. The lowest BCUT2D eigenvalue weighted by Gasteiger charge is -2.35. The van der Waals surface area contributed by atoms with Crippen LogP contribution in [0.15, 0.2) is 11.3 Å². The van der Waals surface area contributed by atoms with Crippen molar-refractivity contribution in [2.24, 2.45) is 11.5 Å². The van der Waals surface area contributed by atoms with Gasteiger partial charge < -0.3 is 16.7 Å². The van der Waals surface area contributed by atoms with Gasteiger partial charge in [0.05, 0.1) is 6.04 Å². The number of nitrogens with two attached hydrogens (primary N) is 2. The molecule has 1 aliphatic rings. The van der Waals surface area contributed by atoms with Crippen LogP contribution >= 0.6 is 0 Å². The van der Waals surface area contributed by atoms with E-state index in [1.165, 1.54) is 0 Å². The Balaban J connectivity index is 2.71. The van der Waals surface area contributed by atoms with Gasteiger partial charge in [-0.15, -0.1) is 0 Å². The minimum Gasteiger partial charge on any atom is -0.439 e. The fraction of sp³-hybridized carbons (Fsp3) is 0.600. The van der Waals surface area contributed by atoms with E-state index in [2.05, 4.69) is 5.23 Å². The molecule has 5 N–H and O–H groups in total. The smallest absolute Gasteiger partial charge is 0.222 e. The summed E-state index contributed by atoms with van der Waals surface area (Å²) in [6.45, 7) is 1.92. The van der Waals surface area contributed by atoms with Crippen LogP contribution < -0.4 is 16.7 Å². The molecule has 0 aromatic carbocycles. The first kappa shape index (κ1) is 6.64. The van der Waals surface area contributed by atoms with E-state index >= 15 is 0 Å². The maximum absolute atomic E-state index is 5.55. The number of nitrogens with one attached hydrogen (secondary N) is 1. The molecular weight excluding hydrogens is 113 g/mol. The third kappa shape index (κ3) is 0.748. The van der Waals surface area contributed by atoms with Crippen LogP contribution in [0.25, 0.3) is 0 Å². The van der Waals surface area contributed by atoms with E-state index in [9.17, 15) is 0 Å². The predicted octanol–water partition coefficient (Wildman–Crippen LogP) is -1.40. The van der Waals surface area contributed by atoms with Gasteiger partial charge in [0.1, 0.15) is 0 Å². The maximum Gasteiger partial charge on any atom is 0.222 e. The molecule has 0 bridgehead atoms. The van der Waals surface area contributed by atoms with Crippen molar-refractivity contribution >= 4 is 7.98 Å². The monoisotopic (exact) mass is 123 g/mol. The zero-order valence-electron chi connectivity index (χ0n) is 5.39. The molecule has 2 atom stereocenters. The Hall–Kier alpha value is -0.475. The molecule has 0 saturated heterocycles. The zero-order chi connectivity index (χ0) is 7.02.